The number of rotatable bonds is 4. The Balaban J connectivity index is 1.82. The lowest BCUT2D eigenvalue weighted by Crippen LogP contribution is -1.93. The second kappa shape index (κ2) is 5.93. The molecule has 1 N–H and O–H groups in total. The Kier molecular flexibility index (Phi) is 3.83. The maximum absolute atomic E-state index is 5.24. The van der Waals surface area contributed by atoms with Gasteiger partial charge in [-0.2, -0.15) is 0 Å². The highest BCUT2D eigenvalue weighted by Gasteiger charge is 2.06. The molecule has 0 saturated carbocycles. The number of hydrogen-bond donors (Lipinski definition) is 1. The van der Waals surface area contributed by atoms with Gasteiger partial charge in [-0.25, -0.2) is 9.97 Å². The molecule has 0 fully saturated rings. The van der Waals surface area contributed by atoms with Crippen LogP contribution in [0, 0.1) is 6.92 Å². The standard InChI is InChI=1S/C16H15N3OS/c1-11-6-7-17-15(8-11)19-16-18-14(10-21-16)12-4-3-5-13(9-12)20-2/h3-10H,1-2H3,(H,17,18,19). The molecule has 3 aromatic rings. The molecule has 2 heterocycles. The van der Waals surface area contributed by atoms with Gasteiger partial charge in [-0.15, -0.1) is 11.3 Å². The molecule has 0 spiro atoms. The summed E-state index contributed by atoms with van der Waals surface area (Å²) < 4.78 is 5.24. The number of thiazole rings is 1. The van der Waals surface area contributed by atoms with Gasteiger partial charge in [0.2, 0.25) is 0 Å². The second-order valence-corrected chi connectivity index (χ2v) is 5.47. The number of benzene rings is 1. The van der Waals surface area contributed by atoms with Crippen LogP contribution in [0.15, 0.2) is 48.0 Å². The summed E-state index contributed by atoms with van der Waals surface area (Å²) in [6, 6.07) is 11.8. The van der Waals surface area contributed by atoms with Gasteiger partial charge in [0.15, 0.2) is 5.13 Å². The number of anilines is 2. The van der Waals surface area contributed by atoms with Gasteiger partial charge in [-0.1, -0.05) is 12.1 Å². The zero-order chi connectivity index (χ0) is 14.7. The van der Waals surface area contributed by atoms with Gasteiger partial charge < -0.3 is 10.1 Å². The van der Waals surface area contributed by atoms with Crippen molar-refractivity contribution < 1.29 is 4.74 Å². The first-order valence-corrected chi connectivity index (χ1v) is 7.42. The fraction of sp³-hybridized carbons (Fsp3) is 0.125. The lowest BCUT2D eigenvalue weighted by molar-refractivity contribution is 0.415. The van der Waals surface area contributed by atoms with Crippen LogP contribution in [-0.4, -0.2) is 17.1 Å². The molecule has 0 aliphatic carbocycles. The number of nitrogens with one attached hydrogen (secondary N) is 1. The summed E-state index contributed by atoms with van der Waals surface area (Å²) in [4.78, 5) is 8.87. The zero-order valence-corrected chi connectivity index (χ0v) is 12.6. The first-order valence-electron chi connectivity index (χ1n) is 6.54. The molecule has 4 nitrogen and oxygen atoms in total. The Morgan fingerprint density at radius 3 is 2.90 bits per heavy atom. The SMILES string of the molecule is COc1cccc(-c2csc(Nc3cc(C)ccn3)n2)c1. The second-order valence-electron chi connectivity index (χ2n) is 4.61. The molecule has 0 unspecified atom stereocenters. The molecule has 0 aliphatic rings. The van der Waals surface area contributed by atoms with Crippen LogP contribution >= 0.6 is 11.3 Å². The van der Waals surface area contributed by atoms with E-state index in [-0.39, 0.29) is 0 Å². The highest BCUT2D eigenvalue weighted by Crippen LogP contribution is 2.28. The van der Waals surface area contributed by atoms with Crippen LogP contribution in [0.5, 0.6) is 5.75 Å². The average molecular weight is 297 g/mol. The maximum atomic E-state index is 5.24. The van der Waals surface area contributed by atoms with Crippen molar-refractivity contribution in [3.8, 4) is 17.0 Å². The lowest BCUT2D eigenvalue weighted by atomic mass is 10.2. The topological polar surface area (TPSA) is 47.0 Å². The van der Waals surface area contributed by atoms with Crippen molar-refractivity contribution in [3.05, 3.63) is 53.5 Å². The van der Waals surface area contributed by atoms with Gasteiger partial charge in [0.25, 0.3) is 0 Å². The maximum Gasteiger partial charge on any atom is 0.188 e. The van der Waals surface area contributed by atoms with Crippen LogP contribution in [0.25, 0.3) is 11.3 Å². The van der Waals surface area contributed by atoms with Crippen LogP contribution in [0.3, 0.4) is 0 Å². The molecule has 0 aliphatic heterocycles. The number of aromatic nitrogens is 2. The Hall–Kier alpha value is -2.40. The molecule has 21 heavy (non-hydrogen) atoms. The molecule has 1 aromatic carbocycles. The van der Waals surface area contributed by atoms with E-state index in [4.69, 9.17) is 4.74 Å². The smallest absolute Gasteiger partial charge is 0.188 e. The van der Waals surface area contributed by atoms with Crippen molar-refractivity contribution in [2.75, 3.05) is 12.4 Å². The summed E-state index contributed by atoms with van der Waals surface area (Å²) in [7, 11) is 1.66. The van der Waals surface area contributed by atoms with E-state index in [2.05, 4.69) is 15.3 Å². The Labute approximate surface area is 127 Å². The van der Waals surface area contributed by atoms with Crippen LogP contribution in [0.1, 0.15) is 5.56 Å². The Morgan fingerprint density at radius 2 is 2.10 bits per heavy atom. The van der Waals surface area contributed by atoms with Gasteiger partial charge in [0.05, 0.1) is 12.8 Å². The number of aryl methyl sites for hydroxylation is 1. The van der Waals surface area contributed by atoms with Crippen molar-refractivity contribution >= 4 is 22.3 Å². The summed E-state index contributed by atoms with van der Waals surface area (Å²) >= 11 is 1.56. The van der Waals surface area contributed by atoms with Crippen molar-refractivity contribution in [1.29, 1.82) is 0 Å². The summed E-state index contributed by atoms with van der Waals surface area (Å²) in [5.41, 5.74) is 3.13. The van der Waals surface area contributed by atoms with E-state index in [0.29, 0.717) is 0 Å². The van der Waals surface area contributed by atoms with Crippen molar-refractivity contribution in [3.63, 3.8) is 0 Å². The number of nitrogens with zero attached hydrogens (tertiary/aromatic N) is 2. The largest absolute Gasteiger partial charge is 0.497 e. The molecule has 2 aromatic heterocycles. The van der Waals surface area contributed by atoms with Crippen LogP contribution in [0.2, 0.25) is 0 Å². The molecule has 0 saturated heterocycles. The minimum Gasteiger partial charge on any atom is -0.497 e. The van der Waals surface area contributed by atoms with E-state index in [1.54, 1.807) is 24.6 Å². The number of hydrogen-bond acceptors (Lipinski definition) is 5. The lowest BCUT2D eigenvalue weighted by Gasteiger charge is -2.03. The monoisotopic (exact) mass is 297 g/mol. The van der Waals surface area contributed by atoms with Gasteiger partial charge >= 0.3 is 0 Å². The predicted molar refractivity (Wildman–Crippen MR) is 86.4 cm³/mol. The third kappa shape index (κ3) is 3.20. The average Bonchev–Trinajstić information content (AvgIpc) is 2.96. The first-order chi connectivity index (χ1) is 10.2. The highest BCUT2D eigenvalue weighted by molar-refractivity contribution is 7.14. The molecule has 0 atom stereocenters. The molecular weight excluding hydrogens is 282 g/mol. The van der Waals surface area contributed by atoms with Crippen LogP contribution in [0.4, 0.5) is 10.9 Å². The summed E-state index contributed by atoms with van der Waals surface area (Å²) in [6.07, 6.45) is 1.79. The molecule has 5 heteroatoms. The van der Waals surface area contributed by atoms with Crippen molar-refractivity contribution in [2.24, 2.45) is 0 Å². The Bertz CT molecular complexity index is 755. The van der Waals surface area contributed by atoms with E-state index >= 15 is 0 Å². The normalized spacial score (nSPS) is 10.4. The van der Waals surface area contributed by atoms with E-state index in [9.17, 15) is 0 Å². The highest BCUT2D eigenvalue weighted by atomic mass is 32.1. The summed E-state index contributed by atoms with van der Waals surface area (Å²) in [5.74, 6) is 1.64. The van der Waals surface area contributed by atoms with Gasteiger partial charge in [-0.05, 0) is 36.8 Å². The zero-order valence-electron chi connectivity index (χ0n) is 11.8. The fourth-order valence-corrected chi connectivity index (χ4v) is 2.69. The molecule has 0 amide bonds. The van der Waals surface area contributed by atoms with Crippen LogP contribution < -0.4 is 10.1 Å². The molecule has 0 bridgehead atoms. The summed E-state index contributed by atoms with van der Waals surface area (Å²) in [6.45, 7) is 2.04. The molecule has 106 valence electrons. The quantitative estimate of drug-likeness (QED) is 0.781. The fourth-order valence-electron chi connectivity index (χ4n) is 1.96. The molecular formula is C16H15N3OS. The van der Waals surface area contributed by atoms with Crippen molar-refractivity contribution in [2.45, 2.75) is 6.92 Å². The van der Waals surface area contributed by atoms with Crippen molar-refractivity contribution in [1.82, 2.24) is 9.97 Å². The minimum atomic E-state index is 0.807. The van der Waals surface area contributed by atoms with Gasteiger partial charge in [0.1, 0.15) is 11.6 Å². The Morgan fingerprint density at radius 1 is 1.19 bits per heavy atom. The minimum absolute atomic E-state index is 0.807. The van der Waals surface area contributed by atoms with E-state index in [1.807, 2.05) is 48.7 Å². The van der Waals surface area contributed by atoms with E-state index < -0.39 is 0 Å². The third-order valence-corrected chi connectivity index (χ3v) is 3.78. The third-order valence-electron chi connectivity index (χ3n) is 3.02. The number of methoxy groups -OCH3 is 1. The van der Waals surface area contributed by atoms with E-state index in [0.717, 1.165) is 33.5 Å². The number of pyridine rings is 1. The molecule has 0 radical (unpaired) electrons. The van der Waals surface area contributed by atoms with Crippen LogP contribution in [-0.2, 0) is 0 Å². The van der Waals surface area contributed by atoms with Gasteiger partial charge in [-0.3, -0.25) is 0 Å². The molecule has 3 rings (SSSR count). The summed E-state index contributed by atoms with van der Waals surface area (Å²) in [5, 5.41) is 6.07. The van der Waals surface area contributed by atoms with E-state index in [1.165, 1.54) is 0 Å². The van der Waals surface area contributed by atoms with Gasteiger partial charge in [0, 0.05) is 17.1 Å². The predicted octanol–water partition coefficient (Wildman–Crippen LogP) is 4.27. The first kappa shape index (κ1) is 13.6. The number of ether oxygens (including phenoxy) is 1.